The van der Waals surface area contributed by atoms with E-state index in [9.17, 15) is 13.5 Å². The minimum absolute atomic E-state index is 0.00581. The lowest BCUT2D eigenvalue weighted by molar-refractivity contribution is -0.181. The van der Waals surface area contributed by atoms with Crippen LogP contribution in [-0.4, -0.2) is 61.7 Å². The first-order chi connectivity index (χ1) is 12.9. The maximum absolute atomic E-state index is 12.9. The summed E-state index contributed by atoms with van der Waals surface area (Å²) in [6.45, 7) is 6.78. The molecule has 156 valence electrons. The van der Waals surface area contributed by atoms with E-state index in [0.717, 1.165) is 4.47 Å². The largest absolute Gasteiger partial charge is 0.387 e. The molecule has 2 saturated heterocycles. The smallest absolute Gasteiger partial charge is 0.297 e. The molecule has 4 atom stereocenters. The molecule has 1 aromatic carbocycles. The van der Waals surface area contributed by atoms with Crippen molar-refractivity contribution in [2.24, 2.45) is 0 Å². The Balaban J connectivity index is 1.69. The summed E-state index contributed by atoms with van der Waals surface area (Å²) in [6.07, 6.45) is -5.38. The van der Waals surface area contributed by atoms with Crippen molar-refractivity contribution in [2.45, 2.75) is 80.8 Å². The molecule has 0 bridgehead atoms. The van der Waals surface area contributed by atoms with Crippen LogP contribution in [0.3, 0.4) is 0 Å². The van der Waals surface area contributed by atoms with Gasteiger partial charge in [0.05, 0.1) is 4.90 Å². The Kier molecular flexibility index (Phi) is 4.95. The highest BCUT2D eigenvalue weighted by Crippen LogP contribution is 2.45. The monoisotopic (exact) mass is 478 g/mol. The van der Waals surface area contributed by atoms with Crippen molar-refractivity contribution >= 4 is 26.0 Å². The number of hydrogen-bond donors (Lipinski definition) is 1. The van der Waals surface area contributed by atoms with Crippen LogP contribution in [0.2, 0.25) is 0 Å². The van der Waals surface area contributed by atoms with Crippen LogP contribution in [0.1, 0.15) is 27.7 Å². The zero-order chi connectivity index (χ0) is 20.5. The first-order valence-electron chi connectivity index (χ1n) is 8.97. The molecule has 28 heavy (non-hydrogen) atoms. The van der Waals surface area contributed by atoms with Gasteiger partial charge in [0.15, 0.2) is 11.6 Å². The lowest BCUT2D eigenvalue weighted by atomic mass is 9.85. The molecular formula is C18H23BrO8S. The van der Waals surface area contributed by atoms with Crippen LogP contribution in [0.5, 0.6) is 0 Å². The van der Waals surface area contributed by atoms with Crippen LogP contribution in [0.25, 0.3) is 0 Å². The molecule has 4 unspecified atom stereocenters. The van der Waals surface area contributed by atoms with Crippen LogP contribution in [0.15, 0.2) is 33.6 Å². The molecule has 10 heteroatoms. The molecule has 3 fully saturated rings. The molecule has 2 aliphatic heterocycles. The molecule has 0 spiro atoms. The zero-order valence-corrected chi connectivity index (χ0v) is 18.3. The van der Waals surface area contributed by atoms with Gasteiger partial charge in [0.25, 0.3) is 10.1 Å². The summed E-state index contributed by atoms with van der Waals surface area (Å²) in [5.41, 5.74) is 0. The Morgan fingerprint density at radius 3 is 1.79 bits per heavy atom. The molecule has 4 rings (SSSR count). The van der Waals surface area contributed by atoms with E-state index in [4.69, 9.17) is 23.1 Å². The second-order valence-corrected chi connectivity index (χ2v) is 10.6. The number of benzene rings is 1. The first-order valence-corrected chi connectivity index (χ1v) is 11.2. The van der Waals surface area contributed by atoms with E-state index < -0.39 is 58.3 Å². The molecule has 0 amide bonds. The summed E-state index contributed by atoms with van der Waals surface area (Å²) in [6, 6.07) is 6.11. The van der Waals surface area contributed by atoms with E-state index in [1.807, 2.05) is 0 Å². The summed E-state index contributed by atoms with van der Waals surface area (Å²) in [5, 5.41) is 10.8. The number of aliphatic hydroxyl groups excluding tert-OH is 1. The zero-order valence-electron chi connectivity index (χ0n) is 15.9. The van der Waals surface area contributed by atoms with E-state index in [1.165, 1.54) is 12.1 Å². The fraction of sp³-hybridized carbons (Fsp3) is 0.667. The van der Waals surface area contributed by atoms with Gasteiger partial charge in [0.2, 0.25) is 0 Å². The van der Waals surface area contributed by atoms with Crippen LogP contribution in [-0.2, 0) is 33.2 Å². The molecule has 1 aliphatic carbocycles. The Labute approximate surface area is 172 Å². The molecule has 1 N–H and O–H groups in total. The minimum Gasteiger partial charge on any atom is -0.387 e. The second kappa shape index (κ2) is 6.71. The Morgan fingerprint density at radius 2 is 1.32 bits per heavy atom. The first kappa shape index (κ1) is 20.7. The molecule has 1 saturated carbocycles. The van der Waals surface area contributed by atoms with Gasteiger partial charge in [-0.05, 0) is 52.0 Å². The van der Waals surface area contributed by atoms with Crippen LogP contribution < -0.4 is 0 Å². The summed E-state index contributed by atoms with van der Waals surface area (Å²) < 4.78 is 55.6. The van der Waals surface area contributed by atoms with Crippen molar-refractivity contribution < 1.29 is 36.7 Å². The van der Waals surface area contributed by atoms with Gasteiger partial charge in [0, 0.05) is 4.47 Å². The number of aliphatic hydroxyl groups is 1. The third-order valence-electron chi connectivity index (χ3n) is 4.99. The molecule has 3 aliphatic rings. The quantitative estimate of drug-likeness (QED) is 0.657. The fourth-order valence-electron chi connectivity index (χ4n) is 3.96. The molecule has 8 nitrogen and oxygen atoms in total. The highest BCUT2D eigenvalue weighted by molar-refractivity contribution is 9.10. The van der Waals surface area contributed by atoms with Gasteiger partial charge in [-0.25, -0.2) is 0 Å². The lowest BCUT2D eigenvalue weighted by Gasteiger charge is -2.39. The normalized spacial score (nSPS) is 38.8. The second-order valence-electron chi connectivity index (χ2n) is 8.09. The number of rotatable bonds is 3. The van der Waals surface area contributed by atoms with Crippen molar-refractivity contribution in [3.63, 3.8) is 0 Å². The molecule has 1 aromatic rings. The van der Waals surface area contributed by atoms with Gasteiger partial charge < -0.3 is 24.1 Å². The predicted octanol–water partition coefficient (Wildman–Crippen LogP) is 1.94. The maximum Gasteiger partial charge on any atom is 0.297 e. The maximum atomic E-state index is 12.9. The minimum atomic E-state index is -4.12. The predicted molar refractivity (Wildman–Crippen MR) is 99.9 cm³/mol. The molecule has 2 heterocycles. The topological polar surface area (TPSA) is 101 Å². The number of ether oxygens (including phenoxy) is 4. The molecule has 0 aromatic heterocycles. The van der Waals surface area contributed by atoms with Gasteiger partial charge in [-0.2, -0.15) is 8.42 Å². The lowest BCUT2D eigenvalue weighted by Crippen LogP contribution is -2.62. The number of fused-ring (bicyclic) bond motifs is 2. The third-order valence-corrected chi connectivity index (χ3v) is 6.84. The molecule has 0 radical (unpaired) electrons. The van der Waals surface area contributed by atoms with Gasteiger partial charge in [-0.3, -0.25) is 4.18 Å². The summed E-state index contributed by atoms with van der Waals surface area (Å²) in [4.78, 5) is 0.00581. The van der Waals surface area contributed by atoms with Crippen LogP contribution in [0.4, 0.5) is 0 Å². The van der Waals surface area contributed by atoms with E-state index in [-0.39, 0.29) is 4.90 Å². The number of hydrogen-bond acceptors (Lipinski definition) is 8. The summed E-state index contributed by atoms with van der Waals surface area (Å²) >= 11 is 3.28. The average Bonchev–Trinajstić information content (AvgIpc) is 3.08. The Morgan fingerprint density at radius 1 is 0.893 bits per heavy atom. The van der Waals surface area contributed by atoms with Crippen molar-refractivity contribution in [3.8, 4) is 0 Å². The third kappa shape index (κ3) is 3.65. The Hall–Kier alpha value is -0.590. The fourth-order valence-corrected chi connectivity index (χ4v) is 5.31. The summed E-state index contributed by atoms with van der Waals surface area (Å²) in [7, 11) is -4.12. The van der Waals surface area contributed by atoms with Crippen molar-refractivity contribution in [3.05, 3.63) is 28.7 Å². The van der Waals surface area contributed by atoms with Crippen molar-refractivity contribution in [1.29, 1.82) is 0 Å². The summed E-state index contributed by atoms with van der Waals surface area (Å²) in [5.74, 6) is -2.01. The van der Waals surface area contributed by atoms with Gasteiger partial charge in [-0.15, -0.1) is 0 Å². The van der Waals surface area contributed by atoms with Gasteiger partial charge in [-0.1, -0.05) is 15.9 Å². The SMILES string of the molecule is CC1(C)OC2C(O)C3OC(C)(C)OC3C(OS(=O)(=O)c3ccc(Br)cc3)C2O1. The highest BCUT2D eigenvalue weighted by Gasteiger charge is 2.64. The van der Waals surface area contributed by atoms with E-state index in [2.05, 4.69) is 15.9 Å². The average molecular weight is 479 g/mol. The van der Waals surface area contributed by atoms with Crippen LogP contribution in [0, 0.1) is 0 Å². The van der Waals surface area contributed by atoms with E-state index in [0.29, 0.717) is 0 Å². The van der Waals surface area contributed by atoms with Gasteiger partial charge >= 0.3 is 0 Å². The number of halogens is 1. The molecular weight excluding hydrogens is 456 g/mol. The van der Waals surface area contributed by atoms with E-state index in [1.54, 1.807) is 39.8 Å². The highest BCUT2D eigenvalue weighted by atomic mass is 79.9. The van der Waals surface area contributed by atoms with E-state index >= 15 is 0 Å². The van der Waals surface area contributed by atoms with Crippen LogP contribution >= 0.6 is 15.9 Å². The van der Waals surface area contributed by atoms with Crippen molar-refractivity contribution in [2.75, 3.05) is 0 Å². The standard InChI is InChI=1S/C18H23BrO8S/c1-17(2)23-12-11(20)13-15(26-18(3,4)24-13)16(14(12)25-17)27-28(21,22)10-7-5-9(19)6-8-10/h5-8,11-16,20H,1-4H3. The van der Waals surface area contributed by atoms with Gasteiger partial charge in [0.1, 0.15) is 36.6 Å². The van der Waals surface area contributed by atoms with Crippen molar-refractivity contribution in [1.82, 2.24) is 0 Å². The Bertz CT molecular complexity index is 821.